The van der Waals surface area contributed by atoms with Crippen molar-refractivity contribution in [2.45, 2.75) is 141 Å². The summed E-state index contributed by atoms with van der Waals surface area (Å²) in [6.07, 6.45) is 21.5. The third-order valence-electron chi connectivity index (χ3n) is 11.8. The average molecular weight is 506 g/mol. The smallest absolute Gasteiger partial charge is 0.0698 e. The van der Waals surface area contributed by atoms with Crippen molar-refractivity contribution in [3.63, 3.8) is 0 Å². The summed E-state index contributed by atoms with van der Waals surface area (Å²) >= 11 is 3.84. The Hall–Kier alpha value is 0.440. The van der Waals surface area contributed by atoms with Crippen molar-refractivity contribution in [2.24, 2.45) is 38.4 Å². The van der Waals surface area contributed by atoms with Gasteiger partial charge in [-0.1, -0.05) is 50.5 Å². The first-order chi connectivity index (χ1) is 14.9. The van der Waals surface area contributed by atoms with E-state index in [9.17, 15) is 0 Å². The predicted octanol–water partition coefficient (Wildman–Crippen LogP) is 9.07. The van der Waals surface area contributed by atoms with Gasteiger partial charge in [0.25, 0.3) is 0 Å². The quantitative estimate of drug-likeness (QED) is 0.248. The Morgan fingerprint density at radius 2 is 1.28 bits per heavy atom. The first kappa shape index (κ1) is 22.9. The highest BCUT2D eigenvalue weighted by Gasteiger charge is 2.74. The fraction of sp³-hybridized carbons (Fsp3) is 1.00. The third kappa shape index (κ3) is 3.37. The van der Waals surface area contributed by atoms with E-state index < -0.39 is 0 Å². The number of rotatable bonds is 7. The van der Waals surface area contributed by atoms with Crippen molar-refractivity contribution in [1.29, 1.82) is 0 Å². The van der Waals surface area contributed by atoms with Gasteiger partial charge in [0.2, 0.25) is 0 Å². The topological polar surface area (TPSA) is 9.23 Å². The molecule has 8 saturated carbocycles. The Kier molecular flexibility index (Phi) is 4.86. The number of alkyl halides is 1. The van der Waals surface area contributed by atoms with Gasteiger partial charge in [-0.15, -0.1) is 0 Å². The van der Waals surface area contributed by atoms with Crippen LogP contribution in [-0.2, 0) is 4.74 Å². The molecule has 0 radical (unpaired) electrons. The molecule has 5 unspecified atom stereocenters. The van der Waals surface area contributed by atoms with Gasteiger partial charge < -0.3 is 4.74 Å². The van der Waals surface area contributed by atoms with Crippen molar-refractivity contribution in [3.8, 4) is 0 Å². The van der Waals surface area contributed by atoms with Gasteiger partial charge in [-0.2, -0.15) is 0 Å². The molecule has 0 spiro atoms. The van der Waals surface area contributed by atoms with E-state index in [0.717, 1.165) is 12.5 Å². The van der Waals surface area contributed by atoms with E-state index in [2.05, 4.69) is 50.5 Å². The summed E-state index contributed by atoms with van der Waals surface area (Å²) in [7, 11) is 0. The Labute approximate surface area is 206 Å². The Morgan fingerprint density at radius 3 is 1.84 bits per heavy atom. The van der Waals surface area contributed by atoms with Gasteiger partial charge in [-0.05, 0) is 135 Å². The minimum absolute atomic E-state index is 0.178. The lowest BCUT2D eigenvalue weighted by atomic mass is 9.28. The van der Waals surface area contributed by atoms with Crippen molar-refractivity contribution in [1.82, 2.24) is 0 Å². The third-order valence-corrected chi connectivity index (χ3v) is 12.9. The summed E-state index contributed by atoms with van der Waals surface area (Å²) in [5.41, 5.74) is 3.60. The van der Waals surface area contributed by atoms with Crippen LogP contribution in [-0.4, -0.2) is 17.0 Å². The molecule has 8 fully saturated rings. The average Bonchev–Trinajstić information content (AvgIpc) is 2.59. The fourth-order valence-electron chi connectivity index (χ4n) is 13.1. The van der Waals surface area contributed by atoms with Crippen LogP contribution >= 0.6 is 15.9 Å². The summed E-state index contributed by atoms with van der Waals surface area (Å²) < 4.78 is 7.09. The molecular formula is C30H49BrO. The van der Waals surface area contributed by atoms with Crippen LogP contribution < -0.4 is 0 Å². The lowest BCUT2D eigenvalue weighted by Crippen LogP contribution is -2.70. The van der Waals surface area contributed by atoms with Crippen LogP contribution in [0.1, 0.15) is 131 Å². The standard InChI is InChI=1S/C30H49BrO/c1-6-23(31)8-7-9-32-30-19-26(4)14-27(5,20-30)18-29(17-26,21-30)28-12-22-10-24(2,15-28)13-25(3,11-22)16-28/h22-23H,6-21H2,1-5H3. The van der Waals surface area contributed by atoms with Gasteiger partial charge in [-0.3, -0.25) is 0 Å². The minimum Gasteiger partial charge on any atom is -0.375 e. The molecule has 0 aromatic heterocycles. The zero-order chi connectivity index (χ0) is 22.7. The summed E-state index contributed by atoms with van der Waals surface area (Å²) in [5.74, 6) is 1.01. The zero-order valence-corrected chi connectivity index (χ0v) is 23.3. The van der Waals surface area contributed by atoms with E-state index in [1.807, 2.05) is 0 Å². The second-order valence-corrected chi connectivity index (χ2v) is 17.3. The molecule has 0 N–H and O–H groups in total. The summed E-state index contributed by atoms with van der Waals surface area (Å²) in [6, 6.07) is 0. The fourth-order valence-corrected chi connectivity index (χ4v) is 13.5. The van der Waals surface area contributed by atoms with E-state index >= 15 is 0 Å². The molecular weight excluding hydrogens is 456 g/mol. The van der Waals surface area contributed by atoms with E-state index in [1.54, 1.807) is 6.42 Å². The molecule has 8 rings (SSSR count). The maximum atomic E-state index is 7.09. The Morgan fingerprint density at radius 1 is 0.719 bits per heavy atom. The first-order valence-electron chi connectivity index (χ1n) is 14.1. The van der Waals surface area contributed by atoms with Gasteiger partial charge in [0.15, 0.2) is 0 Å². The summed E-state index contributed by atoms with van der Waals surface area (Å²) in [4.78, 5) is 0.664. The highest BCUT2D eigenvalue weighted by molar-refractivity contribution is 9.09. The van der Waals surface area contributed by atoms with Crippen LogP contribution in [0.25, 0.3) is 0 Å². The lowest BCUT2D eigenvalue weighted by molar-refractivity contribution is -0.306. The van der Waals surface area contributed by atoms with Crippen LogP contribution in [0.5, 0.6) is 0 Å². The van der Waals surface area contributed by atoms with E-state index in [1.165, 1.54) is 89.9 Å². The Balaban J connectivity index is 1.33. The van der Waals surface area contributed by atoms with Crippen LogP contribution in [0.3, 0.4) is 0 Å². The summed E-state index contributed by atoms with van der Waals surface area (Å²) in [6.45, 7) is 14.0. The largest absolute Gasteiger partial charge is 0.375 e. The van der Waals surface area contributed by atoms with E-state index in [-0.39, 0.29) is 5.60 Å². The number of ether oxygens (including phenoxy) is 1. The molecule has 0 aliphatic heterocycles. The van der Waals surface area contributed by atoms with Crippen molar-refractivity contribution >= 4 is 15.9 Å². The number of hydrogen-bond acceptors (Lipinski definition) is 1. The van der Waals surface area contributed by atoms with Crippen LogP contribution in [0, 0.1) is 38.4 Å². The van der Waals surface area contributed by atoms with Gasteiger partial charge >= 0.3 is 0 Å². The second kappa shape index (κ2) is 6.80. The van der Waals surface area contributed by atoms with Crippen LogP contribution in [0.15, 0.2) is 0 Å². The molecule has 0 heterocycles. The number of halogens is 1. The molecule has 0 aromatic carbocycles. The van der Waals surface area contributed by atoms with E-state index in [0.29, 0.717) is 37.3 Å². The SMILES string of the molecule is CCC(Br)CCCOC12CC3(C)CC(C)(C1)CC(C14CC5CC(C)(CC(C)(C5)C1)C4)(C3)C2. The number of hydrogen-bond donors (Lipinski definition) is 0. The van der Waals surface area contributed by atoms with Gasteiger partial charge in [-0.25, -0.2) is 0 Å². The maximum Gasteiger partial charge on any atom is 0.0698 e. The van der Waals surface area contributed by atoms with Gasteiger partial charge in [0.05, 0.1) is 5.60 Å². The highest BCUT2D eigenvalue weighted by atomic mass is 79.9. The van der Waals surface area contributed by atoms with Crippen molar-refractivity contribution in [3.05, 3.63) is 0 Å². The monoisotopic (exact) mass is 504 g/mol. The van der Waals surface area contributed by atoms with Crippen LogP contribution in [0.4, 0.5) is 0 Å². The maximum absolute atomic E-state index is 7.09. The molecule has 0 aromatic rings. The molecule has 32 heavy (non-hydrogen) atoms. The first-order valence-corrected chi connectivity index (χ1v) is 15.0. The molecule has 8 aliphatic rings. The second-order valence-electron chi connectivity index (χ2n) is 16.1. The van der Waals surface area contributed by atoms with Crippen molar-refractivity contribution < 1.29 is 4.74 Å². The highest BCUT2D eigenvalue weighted by Crippen LogP contribution is 2.82. The van der Waals surface area contributed by atoms with Crippen molar-refractivity contribution in [2.75, 3.05) is 6.61 Å². The zero-order valence-electron chi connectivity index (χ0n) is 21.8. The minimum atomic E-state index is 0.178. The molecule has 8 bridgehead atoms. The summed E-state index contributed by atoms with van der Waals surface area (Å²) in [5, 5.41) is 0. The molecule has 182 valence electrons. The van der Waals surface area contributed by atoms with Crippen LogP contribution in [0.2, 0.25) is 0 Å². The molecule has 0 amide bonds. The lowest BCUT2D eigenvalue weighted by Gasteiger charge is -2.78. The predicted molar refractivity (Wildman–Crippen MR) is 137 cm³/mol. The molecule has 0 saturated heterocycles. The normalized spacial score (nSPS) is 58.5. The van der Waals surface area contributed by atoms with E-state index in [4.69, 9.17) is 4.74 Å². The van der Waals surface area contributed by atoms with Gasteiger partial charge in [0, 0.05) is 11.4 Å². The molecule has 1 nitrogen and oxygen atoms in total. The molecule has 5 atom stereocenters. The van der Waals surface area contributed by atoms with Gasteiger partial charge in [0.1, 0.15) is 0 Å². The molecule has 2 heteroatoms. The Bertz CT molecular complexity index is 750. The molecule has 8 aliphatic carbocycles.